The van der Waals surface area contributed by atoms with Gasteiger partial charge in [-0.05, 0) is 32.6 Å². The molecule has 0 bridgehead atoms. The lowest BCUT2D eigenvalue weighted by atomic mass is 9.85. The second-order valence-electron chi connectivity index (χ2n) is 5.63. The van der Waals surface area contributed by atoms with Gasteiger partial charge in [0.15, 0.2) is 0 Å². The minimum atomic E-state index is -3.22. The highest BCUT2D eigenvalue weighted by Gasteiger charge is 2.36. The fourth-order valence-corrected chi connectivity index (χ4v) is 4.17. The van der Waals surface area contributed by atoms with Gasteiger partial charge < -0.3 is 4.42 Å². The summed E-state index contributed by atoms with van der Waals surface area (Å²) in [6.07, 6.45) is 6.08. The molecule has 3 rings (SSSR count). The number of piperidine rings is 1. The van der Waals surface area contributed by atoms with Crippen molar-refractivity contribution in [3.8, 4) is 0 Å². The molecule has 1 saturated carbocycles. The molecular weight excluding hydrogens is 278 g/mol. The molecule has 0 N–H and O–H groups in total. The second-order valence-corrected chi connectivity index (χ2v) is 7.84. The van der Waals surface area contributed by atoms with E-state index in [1.165, 1.54) is 6.42 Å². The van der Waals surface area contributed by atoms with E-state index in [-0.39, 0.29) is 11.8 Å². The van der Waals surface area contributed by atoms with Crippen molar-refractivity contribution in [1.82, 2.24) is 14.5 Å². The fourth-order valence-electron chi connectivity index (χ4n) is 2.85. The third-order valence-electron chi connectivity index (χ3n) is 4.37. The first-order chi connectivity index (χ1) is 9.62. The molecule has 1 aromatic heterocycles. The maximum absolute atomic E-state index is 12.2. The van der Waals surface area contributed by atoms with Gasteiger partial charge >= 0.3 is 0 Å². The molecule has 1 unspecified atom stereocenters. The van der Waals surface area contributed by atoms with Gasteiger partial charge in [0.05, 0.1) is 5.75 Å². The molecular formula is C13H21N3O3S. The fraction of sp³-hybridized carbons (Fsp3) is 0.846. The molecule has 20 heavy (non-hydrogen) atoms. The van der Waals surface area contributed by atoms with Gasteiger partial charge in [-0.25, -0.2) is 8.42 Å². The zero-order valence-electron chi connectivity index (χ0n) is 11.8. The van der Waals surface area contributed by atoms with Crippen molar-refractivity contribution < 1.29 is 12.8 Å². The van der Waals surface area contributed by atoms with E-state index >= 15 is 0 Å². The summed E-state index contributed by atoms with van der Waals surface area (Å²) in [7, 11) is -3.22. The third-order valence-corrected chi connectivity index (χ3v) is 6.25. The Balaban J connectivity index is 1.84. The monoisotopic (exact) mass is 299 g/mol. The Labute approximate surface area is 119 Å². The average Bonchev–Trinajstić information content (AvgIpc) is 2.86. The SMILES string of the molecule is CCS(=O)(=O)N1CCCCC1c1nnc(C2CCC2)o1. The molecule has 1 aliphatic carbocycles. The molecule has 0 spiro atoms. The molecule has 2 heterocycles. The molecule has 0 amide bonds. The molecule has 1 saturated heterocycles. The standard InChI is InChI=1S/C13H21N3O3S/c1-2-20(17,18)16-9-4-3-8-11(16)13-15-14-12(19-13)10-6-5-7-10/h10-11H,2-9H2,1H3. The highest BCUT2D eigenvalue weighted by Crippen LogP contribution is 2.38. The minimum Gasteiger partial charge on any atom is -0.423 e. The van der Waals surface area contributed by atoms with Crippen molar-refractivity contribution in [2.24, 2.45) is 0 Å². The smallest absolute Gasteiger partial charge is 0.234 e. The van der Waals surface area contributed by atoms with E-state index in [1.807, 2.05) is 0 Å². The van der Waals surface area contributed by atoms with Gasteiger partial charge in [0.1, 0.15) is 6.04 Å². The Morgan fingerprint density at radius 3 is 2.55 bits per heavy atom. The van der Waals surface area contributed by atoms with E-state index < -0.39 is 10.0 Å². The van der Waals surface area contributed by atoms with Crippen molar-refractivity contribution >= 4 is 10.0 Å². The van der Waals surface area contributed by atoms with Crippen LogP contribution in [0.25, 0.3) is 0 Å². The van der Waals surface area contributed by atoms with Crippen LogP contribution in [0.1, 0.15) is 69.2 Å². The van der Waals surface area contributed by atoms with Crippen LogP contribution in [0, 0.1) is 0 Å². The van der Waals surface area contributed by atoms with Gasteiger partial charge in [-0.1, -0.05) is 12.8 Å². The zero-order valence-corrected chi connectivity index (χ0v) is 12.6. The second kappa shape index (κ2) is 5.44. The topological polar surface area (TPSA) is 76.3 Å². The lowest BCUT2D eigenvalue weighted by Crippen LogP contribution is -2.39. The number of rotatable bonds is 4. The molecule has 7 heteroatoms. The van der Waals surface area contributed by atoms with Crippen LogP contribution < -0.4 is 0 Å². The van der Waals surface area contributed by atoms with Crippen LogP contribution in [0.2, 0.25) is 0 Å². The van der Waals surface area contributed by atoms with Crippen molar-refractivity contribution in [3.63, 3.8) is 0 Å². The first-order valence-electron chi connectivity index (χ1n) is 7.44. The molecule has 0 radical (unpaired) electrons. The summed E-state index contributed by atoms with van der Waals surface area (Å²) in [6.45, 7) is 2.23. The van der Waals surface area contributed by atoms with E-state index in [2.05, 4.69) is 10.2 Å². The van der Waals surface area contributed by atoms with Gasteiger partial charge in [-0.15, -0.1) is 10.2 Å². The molecule has 2 fully saturated rings. The van der Waals surface area contributed by atoms with E-state index in [0.29, 0.717) is 24.2 Å². The Morgan fingerprint density at radius 2 is 1.90 bits per heavy atom. The van der Waals surface area contributed by atoms with E-state index in [9.17, 15) is 8.42 Å². The number of aromatic nitrogens is 2. The summed E-state index contributed by atoms with van der Waals surface area (Å²) >= 11 is 0. The van der Waals surface area contributed by atoms with Gasteiger partial charge in [0.2, 0.25) is 21.8 Å². The van der Waals surface area contributed by atoms with Crippen molar-refractivity contribution in [2.45, 2.75) is 57.4 Å². The predicted molar refractivity (Wildman–Crippen MR) is 73.6 cm³/mol. The van der Waals surface area contributed by atoms with Crippen molar-refractivity contribution in [3.05, 3.63) is 11.8 Å². The highest BCUT2D eigenvalue weighted by atomic mass is 32.2. The lowest BCUT2D eigenvalue weighted by molar-refractivity contribution is 0.210. The highest BCUT2D eigenvalue weighted by molar-refractivity contribution is 7.89. The summed E-state index contributed by atoms with van der Waals surface area (Å²) < 4.78 is 31.7. The summed E-state index contributed by atoms with van der Waals surface area (Å²) in [5.74, 6) is 1.66. The number of hydrogen-bond donors (Lipinski definition) is 0. The van der Waals surface area contributed by atoms with Gasteiger partial charge in [0, 0.05) is 12.5 Å². The van der Waals surface area contributed by atoms with Crippen LogP contribution in [0.5, 0.6) is 0 Å². The Morgan fingerprint density at radius 1 is 1.15 bits per heavy atom. The summed E-state index contributed by atoms with van der Waals surface area (Å²) in [4.78, 5) is 0. The maximum Gasteiger partial charge on any atom is 0.234 e. The molecule has 6 nitrogen and oxygen atoms in total. The Kier molecular flexibility index (Phi) is 3.81. The molecule has 1 atom stereocenters. The Bertz CT molecular complexity index is 565. The van der Waals surface area contributed by atoms with E-state index in [1.54, 1.807) is 11.2 Å². The Hall–Kier alpha value is -0.950. The number of sulfonamides is 1. The van der Waals surface area contributed by atoms with Crippen LogP contribution in [-0.2, 0) is 10.0 Å². The molecule has 0 aromatic carbocycles. The first-order valence-corrected chi connectivity index (χ1v) is 9.05. The first kappa shape index (κ1) is 14.0. The largest absolute Gasteiger partial charge is 0.423 e. The quantitative estimate of drug-likeness (QED) is 0.852. The average molecular weight is 299 g/mol. The minimum absolute atomic E-state index is 0.118. The van der Waals surface area contributed by atoms with E-state index in [0.717, 1.165) is 32.1 Å². The van der Waals surface area contributed by atoms with Crippen LogP contribution in [0.15, 0.2) is 4.42 Å². The predicted octanol–water partition coefficient (Wildman–Crippen LogP) is 2.21. The van der Waals surface area contributed by atoms with Crippen molar-refractivity contribution in [1.29, 1.82) is 0 Å². The third kappa shape index (κ3) is 2.48. The zero-order chi connectivity index (χ0) is 14.2. The molecule has 1 aromatic rings. The van der Waals surface area contributed by atoms with E-state index in [4.69, 9.17) is 4.42 Å². The number of hydrogen-bond acceptors (Lipinski definition) is 5. The lowest BCUT2D eigenvalue weighted by Gasteiger charge is -2.32. The van der Waals surface area contributed by atoms with Gasteiger partial charge in [0.25, 0.3) is 0 Å². The molecule has 112 valence electrons. The maximum atomic E-state index is 12.2. The number of nitrogens with zero attached hydrogens (tertiary/aromatic N) is 3. The normalized spacial score (nSPS) is 25.6. The summed E-state index contributed by atoms with van der Waals surface area (Å²) in [5, 5.41) is 8.24. The van der Waals surface area contributed by atoms with Gasteiger partial charge in [-0.2, -0.15) is 4.31 Å². The van der Waals surface area contributed by atoms with Crippen LogP contribution >= 0.6 is 0 Å². The molecule has 2 aliphatic rings. The van der Waals surface area contributed by atoms with Crippen molar-refractivity contribution in [2.75, 3.05) is 12.3 Å². The van der Waals surface area contributed by atoms with Crippen LogP contribution in [0.3, 0.4) is 0 Å². The summed E-state index contributed by atoms with van der Waals surface area (Å²) in [5.41, 5.74) is 0. The summed E-state index contributed by atoms with van der Waals surface area (Å²) in [6, 6.07) is -0.268. The molecule has 1 aliphatic heterocycles. The van der Waals surface area contributed by atoms with Crippen LogP contribution in [0.4, 0.5) is 0 Å². The van der Waals surface area contributed by atoms with Gasteiger partial charge in [-0.3, -0.25) is 0 Å². The van der Waals surface area contributed by atoms with Crippen LogP contribution in [-0.4, -0.2) is 35.2 Å².